The van der Waals surface area contributed by atoms with Crippen LogP contribution in [0.4, 0.5) is 4.39 Å². The molecule has 1 rings (SSSR count). The number of aryl methyl sites for hydroxylation is 1. The van der Waals surface area contributed by atoms with Crippen LogP contribution in [0, 0.1) is 18.7 Å². The molecule has 0 spiro atoms. The summed E-state index contributed by atoms with van der Waals surface area (Å²) in [6.07, 6.45) is 0.830. The summed E-state index contributed by atoms with van der Waals surface area (Å²) in [7, 11) is 1.74. The molecule has 5 heteroatoms. The van der Waals surface area contributed by atoms with E-state index in [4.69, 9.17) is 4.74 Å². The molecule has 0 aromatic heterocycles. The van der Waals surface area contributed by atoms with Crippen molar-refractivity contribution < 1.29 is 9.13 Å². The number of halogens is 1. The van der Waals surface area contributed by atoms with Gasteiger partial charge in [-0.15, -0.1) is 0 Å². The third kappa shape index (κ3) is 7.41. The topological polar surface area (TPSA) is 45.7 Å². The number of hydrogen-bond acceptors (Lipinski definition) is 2. The van der Waals surface area contributed by atoms with E-state index >= 15 is 0 Å². The smallest absolute Gasteiger partial charge is 0.191 e. The summed E-state index contributed by atoms with van der Waals surface area (Å²) < 4.78 is 18.6. The standard InChI is InChI=1S/C17H28FN3O/c1-13(2)12-22-10-9-21-17(19-4)20-8-7-15-5-6-16(18)11-14(15)3/h5-6,11,13H,7-10,12H2,1-4H3,(H2,19,20,21). The van der Waals surface area contributed by atoms with Gasteiger partial charge in [0.1, 0.15) is 5.82 Å². The molecule has 0 amide bonds. The summed E-state index contributed by atoms with van der Waals surface area (Å²) in [6, 6.07) is 4.90. The van der Waals surface area contributed by atoms with Gasteiger partial charge in [-0.3, -0.25) is 4.99 Å². The zero-order chi connectivity index (χ0) is 16.4. The molecule has 0 aliphatic carbocycles. The van der Waals surface area contributed by atoms with Crippen LogP contribution < -0.4 is 10.6 Å². The van der Waals surface area contributed by atoms with Gasteiger partial charge in [-0.05, 0) is 42.5 Å². The lowest BCUT2D eigenvalue weighted by atomic mass is 10.1. The van der Waals surface area contributed by atoms with Gasteiger partial charge in [0, 0.05) is 26.7 Å². The summed E-state index contributed by atoms with van der Waals surface area (Å²) in [6.45, 7) is 9.10. The van der Waals surface area contributed by atoms with Crippen LogP contribution in [0.5, 0.6) is 0 Å². The molecule has 0 radical (unpaired) electrons. The van der Waals surface area contributed by atoms with Gasteiger partial charge < -0.3 is 15.4 Å². The van der Waals surface area contributed by atoms with Crippen LogP contribution in [0.1, 0.15) is 25.0 Å². The fraction of sp³-hybridized carbons (Fsp3) is 0.588. The SMILES string of the molecule is CN=C(NCCOCC(C)C)NCCc1ccc(F)cc1C. The number of rotatable bonds is 8. The molecular weight excluding hydrogens is 281 g/mol. The molecule has 2 N–H and O–H groups in total. The van der Waals surface area contributed by atoms with Crippen LogP contribution in [-0.2, 0) is 11.2 Å². The van der Waals surface area contributed by atoms with Crippen molar-refractivity contribution >= 4 is 5.96 Å². The van der Waals surface area contributed by atoms with E-state index in [9.17, 15) is 4.39 Å². The lowest BCUT2D eigenvalue weighted by molar-refractivity contribution is 0.114. The van der Waals surface area contributed by atoms with E-state index in [-0.39, 0.29) is 5.82 Å². The average molecular weight is 309 g/mol. The first kappa shape index (κ1) is 18.4. The quantitative estimate of drug-likeness (QED) is 0.441. The van der Waals surface area contributed by atoms with E-state index in [1.54, 1.807) is 13.1 Å². The van der Waals surface area contributed by atoms with Crippen molar-refractivity contribution in [3.05, 3.63) is 35.1 Å². The Hall–Kier alpha value is -1.62. The number of guanidine groups is 1. The second-order valence-electron chi connectivity index (χ2n) is 5.72. The zero-order valence-electron chi connectivity index (χ0n) is 14.1. The highest BCUT2D eigenvalue weighted by Crippen LogP contribution is 2.10. The van der Waals surface area contributed by atoms with E-state index in [1.807, 2.05) is 13.0 Å². The summed E-state index contributed by atoms with van der Waals surface area (Å²) in [5.41, 5.74) is 2.12. The Kier molecular flexibility index (Phi) is 8.51. The van der Waals surface area contributed by atoms with E-state index in [0.717, 1.165) is 43.2 Å². The van der Waals surface area contributed by atoms with E-state index in [1.165, 1.54) is 6.07 Å². The first-order chi connectivity index (χ1) is 10.5. The minimum Gasteiger partial charge on any atom is -0.379 e. The van der Waals surface area contributed by atoms with Crippen LogP contribution in [-0.4, -0.2) is 39.3 Å². The molecule has 0 saturated carbocycles. The number of ether oxygens (including phenoxy) is 1. The Morgan fingerprint density at radius 3 is 2.64 bits per heavy atom. The highest BCUT2D eigenvalue weighted by atomic mass is 19.1. The molecule has 0 saturated heterocycles. The molecule has 0 bridgehead atoms. The molecule has 0 fully saturated rings. The Morgan fingerprint density at radius 1 is 1.27 bits per heavy atom. The van der Waals surface area contributed by atoms with Gasteiger partial charge in [-0.25, -0.2) is 4.39 Å². The number of benzene rings is 1. The maximum Gasteiger partial charge on any atom is 0.191 e. The Morgan fingerprint density at radius 2 is 2.00 bits per heavy atom. The lowest BCUT2D eigenvalue weighted by Crippen LogP contribution is -2.40. The second-order valence-corrected chi connectivity index (χ2v) is 5.72. The van der Waals surface area contributed by atoms with E-state index < -0.39 is 0 Å². The maximum atomic E-state index is 13.0. The molecule has 1 aromatic rings. The first-order valence-electron chi connectivity index (χ1n) is 7.80. The maximum absolute atomic E-state index is 13.0. The minimum atomic E-state index is -0.187. The molecule has 0 unspecified atom stereocenters. The fourth-order valence-electron chi connectivity index (χ4n) is 2.04. The van der Waals surface area contributed by atoms with Crippen molar-refractivity contribution in [3.63, 3.8) is 0 Å². The van der Waals surface area contributed by atoms with Gasteiger partial charge in [0.2, 0.25) is 0 Å². The number of aliphatic imine (C=N–C) groups is 1. The molecule has 0 atom stereocenters. The van der Waals surface area contributed by atoms with Gasteiger partial charge in [-0.1, -0.05) is 19.9 Å². The normalized spacial score (nSPS) is 11.8. The molecule has 0 aliphatic rings. The van der Waals surface area contributed by atoms with Gasteiger partial charge >= 0.3 is 0 Å². The first-order valence-corrected chi connectivity index (χ1v) is 7.80. The minimum absolute atomic E-state index is 0.187. The van der Waals surface area contributed by atoms with Crippen molar-refractivity contribution in [2.75, 3.05) is 33.4 Å². The Labute approximate surface area is 133 Å². The molecule has 4 nitrogen and oxygen atoms in total. The highest BCUT2D eigenvalue weighted by molar-refractivity contribution is 5.79. The van der Waals surface area contributed by atoms with Gasteiger partial charge in [0.25, 0.3) is 0 Å². The predicted molar refractivity (Wildman–Crippen MR) is 89.9 cm³/mol. The van der Waals surface area contributed by atoms with Gasteiger partial charge in [-0.2, -0.15) is 0 Å². The van der Waals surface area contributed by atoms with Crippen molar-refractivity contribution in [1.29, 1.82) is 0 Å². The fourth-order valence-corrected chi connectivity index (χ4v) is 2.04. The van der Waals surface area contributed by atoms with Gasteiger partial charge in [0.15, 0.2) is 5.96 Å². The number of nitrogens with one attached hydrogen (secondary N) is 2. The van der Waals surface area contributed by atoms with Crippen molar-refractivity contribution in [1.82, 2.24) is 10.6 Å². The van der Waals surface area contributed by atoms with Crippen LogP contribution in [0.25, 0.3) is 0 Å². The average Bonchev–Trinajstić information content (AvgIpc) is 2.46. The third-order valence-electron chi connectivity index (χ3n) is 3.21. The van der Waals surface area contributed by atoms with E-state index in [2.05, 4.69) is 29.5 Å². The van der Waals surface area contributed by atoms with Crippen molar-refractivity contribution in [3.8, 4) is 0 Å². The van der Waals surface area contributed by atoms with Crippen molar-refractivity contribution in [2.45, 2.75) is 27.2 Å². The predicted octanol–water partition coefficient (Wildman–Crippen LogP) is 2.51. The third-order valence-corrected chi connectivity index (χ3v) is 3.21. The van der Waals surface area contributed by atoms with Crippen LogP contribution >= 0.6 is 0 Å². The second kappa shape index (κ2) is 10.2. The highest BCUT2D eigenvalue weighted by Gasteiger charge is 2.02. The Balaban J connectivity index is 2.24. The molecule has 1 aromatic carbocycles. The monoisotopic (exact) mass is 309 g/mol. The largest absolute Gasteiger partial charge is 0.379 e. The van der Waals surface area contributed by atoms with Crippen LogP contribution in [0.3, 0.4) is 0 Å². The summed E-state index contributed by atoms with van der Waals surface area (Å²) in [4.78, 5) is 4.17. The summed E-state index contributed by atoms with van der Waals surface area (Å²) >= 11 is 0. The molecule has 0 aliphatic heterocycles. The zero-order valence-corrected chi connectivity index (χ0v) is 14.1. The number of nitrogens with zero attached hydrogens (tertiary/aromatic N) is 1. The summed E-state index contributed by atoms with van der Waals surface area (Å²) in [5, 5.41) is 6.46. The molecule has 124 valence electrons. The van der Waals surface area contributed by atoms with Crippen LogP contribution in [0.15, 0.2) is 23.2 Å². The molecule has 22 heavy (non-hydrogen) atoms. The van der Waals surface area contributed by atoms with Gasteiger partial charge in [0.05, 0.1) is 6.61 Å². The summed E-state index contributed by atoms with van der Waals surface area (Å²) in [5.74, 6) is 1.12. The Bertz CT molecular complexity index is 475. The molecule has 0 heterocycles. The van der Waals surface area contributed by atoms with E-state index in [0.29, 0.717) is 12.5 Å². The number of hydrogen-bond donors (Lipinski definition) is 2. The molecular formula is C17H28FN3O. The lowest BCUT2D eigenvalue weighted by Gasteiger charge is -2.13. The van der Waals surface area contributed by atoms with Crippen molar-refractivity contribution in [2.24, 2.45) is 10.9 Å². The van der Waals surface area contributed by atoms with Crippen LogP contribution in [0.2, 0.25) is 0 Å².